The third-order valence-electron chi connectivity index (χ3n) is 3.74. The van der Waals surface area contributed by atoms with Gasteiger partial charge in [0.1, 0.15) is 0 Å². The fraction of sp³-hybridized carbons (Fsp3) is 0.500. The quantitative estimate of drug-likeness (QED) is 0.914. The van der Waals surface area contributed by atoms with E-state index in [-0.39, 0.29) is 18.5 Å². The summed E-state index contributed by atoms with van der Waals surface area (Å²) < 4.78 is 0. The molecule has 1 saturated heterocycles. The van der Waals surface area contributed by atoms with Crippen molar-refractivity contribution in [2.24, 2.45) is 0 Å². The van der Waals surface area contributed by atoms with Crippen LogP contribution in [0.5, 0.6) is 0 Å². The number of likely N-dealkylation sites (tertiary alicyclic amines) is 1. The van der Waals surface area contributed by atoms with E-state index in [1.54, 1.807) is 6.07 Å². The van der Waals surface area contributed by atoms with Gasteiger partial charge in [-0.15, -0.1) is 0 Å². The van der Waals surface area contributed by atoms with Crippen molar-refractivity contribution in [3.05, 3.63) is 33.8 Å². The second-order valence-corrected chi connectivity index (χ2v) is 5.82. The Hall–Kier alpha value is -0.770. The van der Waals surface area contributed by atoms with E-state index in [0.717, 1.165) is 24.9 Å². The summed E-state index contributed by atoms with van der Waals surface area (Å²) in [6.45, 7) is 2.98. The van der Waals surface area contributed by atoms with Crippen molar-refractivity contribution in [1.29, 1.82) is 0 Å². The van der Waals surface area contributed by atoms with E-state index in [1.807, 2.05) is 12.1 Å². The van der Waals surface area contributed by atoms with Crippen molar-refractivity contribution < 1.29 is 9.90 Å². The molecule has 1 heterocycles. The van der Waals surface area contributed by atoms with Gasteiger partial charge in [-0.05, 0) is 44.0 Å². The number of aliphatic carboxylic acids is 1. The normalized spacial score (nSPS) is 21.5. The lowest BCUT2D eigenvalue weighted by Gasteiger charge is -2.30. The molecule has 0 aliphatic carbocycles. The summed E-state index contributed by atoms with van der Waals surface area (Å²) in [6, 6.07) is 5.68. The van der Waals surface area contributed by atoms with Crippen molar-refractivity contribution in [3.8, 4) is 0 Å². The van der Waals surface area contributed by atoms with Crippen LogP contribution in [0.3, 0.4) is 0 Å². The Bertz CT molecular complexity index is 479. The first-order valence-electron chi connectivity index (χ1n) is 6.41. The molecule has 0 amide bonds. The summed E-state index contributed by atoms with van der Waals surface area (Å²) in [5.41, 5.74) is 1.00. The number of carboxylic acid groups (broad SMARTS) is 1. The van der Waals surface area contributed by atoms with Crippen molar-refractivity contribution in [2.45, 2.75) is 38.3 Å². The first kappa shape index (κ1) is 14.6. The Kier molecular flexibility index (Phi) is 4.71. The van der Waals surface area contributed by atoms with Gasteiger partial charge in [-0.1, -0.05) is 29.3 Å². The maximum Gasteiger partial charge on any atom is 0.304 e. The van der Waals surface area contributed by atoms with Gasteiger partial charge in [0.15, 0.2) is 0 Å². The molecule has 1 fully saturated rings. The van der Waals surface area contributed by atoms with Gasteiger partial charge in [-0.25, -0.2) is 0 Å². The first-order chi connectivity index (χ1) is 8.99. The molecule has 1 N–H and O–H groups in total. The van der Waals surface area contributed by atoms with E-state index in [2.05, 4.69) is 11.8 Å². The van der Waals surface area contributed by atoms with Crippen LogP contribution in [0.15, 0.2) is 18.2 Å². The highest BCUT2D eigenvalue weighted by Gasteiger charge is 2.31. The topological polar surface area (TPSA) is 40.5 Å². The summed E-state index contributed by atoms with van der Waals surface area (Å²) in [7, 11) is 0. The van der Waals surface area contributed by atoms with E-state index >= 15 is 0 Å². The number of benzene rings is 1. The molecule has 19 heavy (non-hydrogen) atoms. The zero-order valence-electron chi connectivity index (χ0n) is 10.8. The van der Waals surface area contributed by atoms with Gasteiger partial charge in [0.2, 0.25) is 0 Å². The molecule has 3 nitrogen and oxygen atoms in total. The zero-order valence-corrected chi connectivity index (χ0v) is 12.3. The first-order valence-corrected chi connectivity index (χ1v) is 7.17. The van der Waals surface area contributed by atoms with E-state index in [4.69, 9.17) is 28.3 Å². The van der Waals surface area contributed by atoms with Gasteiger partial charge in [-0.3, -0.25) is 9.69 Å². The molecule has 0 saturated carbocycles. The molecule has 1 aromatic carbocycles. The summed E-state index contributed by atoms with van der Waals surface area (Å²) >= 11 is 12.1. The van der Waals surface area contributed by atoms with Crippen LogP contribution in [0.25, 0.3) is 0 Å². The standard InChI is InChI=1S/C14H17Cl2NO2/c1-9(12-5-4-10(15)7-13(12)16)17-6-2-3-11(17)8-14(18)19/h4-5,7,9,11H,2-3,6,8H2,1H3,(H,18,19). The Balaban J connectivity index is 2.18. The molecule has 0 radical (unpaired) electrons. The largest absolute Gasteiger partial charge is 0.481 e. The van der Waals surface area contributed by atoms with E-state index in [9.17, 15) is 4.79 Å². The minimum absolute atomic E-state index is 0.0965. The molecule has 0 spiro atoms. The SMILES string of the molecule is CC(c1ccc(Cl)cc1Cl)N1CCCC1CC(=O)O. The molecule has 1 aromatic rings. The van der Waals surface area contributed by atoms with Crippen LogP contribution in [0.4, 0.5) is 0 Å². The smallest absolute Gasteiger partial charge is 0.304 e. The van der Waals surface area contributed by atoms with Crippen molar-refractivity contribution in [1.82, 2.24) is 4.90 Å². The number of carboxylic acids is 1. The van der Waals surface area contributed by atoms with Crippen LogP contribution < -0.4 is 0 Å². The summed E-state index contributed by atoms with van der Waals surface area (Å²) in [6.07, 6.45) is 2.16. The van der Waals surface area contributed by atoms with E-state index < -0.39 is 5.97 Å². The number of rotatable bonds is 4. The van der Waals surface area contributed by atoms with Gasteiger partial charge in [0.05, 0.1) is 6.42 Å². The van der Waals surface area contributed by atoms with Gasteiger partial charge < -0.3 is 5.11 Å². The van der Waals surface area contributed by atoms with Crippen LogP contribution in [0, 0.1) is 0 Å². The predicted molar refractivity (Wildman–Crippen MR) is 76.9 cm³/mol. The predicted octanol–water partition coefficient (Wildman–Crippen LogP) is 3.99. The van der Waals surface area contributed by atoms with Gasteiger partial charge in [0, 0.05) is 22.1 Å². The molecule has 1 aliphatic rings. The molecule has 1 aliphatic heterocycles. The monoisotopic (exact) mass is 301 g/mol. The lowest BCUT2D eigenvalue weighted by Crippen LogP contribution is -2.33. The summed E-state index contributed by atoms with van der Waals surface area (Å²) in [4.78, 5) is 13.1. The second-order valence-electron chi connectivity index (χ2n) is 4.97. The molecule has 0 aromatic heterocycles. The number of hydrogen-bond donors (Lipinski definition) is 1. The molecule has 2 rings (SSSR count). The Morgan fingerprint density at radius 2 is 2.26 bits per heavy atom. The number of hydrogen-bond acceptors (Lipinski definition) is 2. The van der Waals surface area contributed by atoms with Crippen molar-refractivity contribution in [3.63, 3.8) is 0 Å². The van der Waals surface area contributed by atoms with Crippen LogP contribution in [0.1, 0.15) is 37.8 Å². The average Bonchev–Trinajstić information content (AvgIpc) is 2.75. The van der Waals surface area contributed by atoms with Crippen molar-refractivity contribution in [2.75, 3.05) is 6.54 Å². The highest BCUT2D eigenvalue weighted by molar-refractivity contribution is 6.35. The van der Waals surface area contributed by atoms with E-state index in [0.29, 0.717) is 10.0 Å². The second kappa shape index (κ2) is 6.12. The van der Waals surface area contributed by atoms with Gasteiger partial charge in [-0.2, -0.15) is 0 Å². The fourth-order valence-electron chi connectivity index (χ4n) is 2.81. The maximum atomic E-state index is 10.9. The fourth-order valence-corrected chi connectivity index (χ4v) is 3.37. The number of nitrogens with zero attached hydrogens (tertiary/aromatic N) is 1. The Morgan fingerprint density at radius 3 is 2.89 bits per heavy atom. The molecule has 104 valence electrons. The highest BCUT2D eigenvalue weighted by atomic mass is 35.5. The minimum atomic E-state index is -0.744. The lowest BCUT2D eigenvalue weighted by atomic mass is 10.0. The molecule has 5 heteroatoms. The third-order valence-corrected chi connectivity index (χ3v) is 4.31. The van der Waals surface area contributed by atoms with E-state index in [1.165, 1.54) is 0 Å². The average molecular weight is 302 g/mol. The summed E-state index contributed by atoms with van der Waals surface area (Å²) in [5.74, 6) is -0.744. The molecule has 2 unspecified atom stereocenters. The van der Waals surface area contributed by atoms with Gasteiger partial charge in [0.25, 0.3) is 0 Å². The van der Waals surface area contributed by atoms with Crippen LogP contribution in [0.2, 0.25) is 10.0 Å². The number of carbonyl (C=O) groups is 1. The Morgan fingerprint density at radius 1 is 1.53 bits per heavy atom. The molecular formula is C14H17Cl2NO2. The minimum Gasteiger partial charge on any atom is -0.481 e. The Labute approximate surface area is 123 Å². The maximum absolute atomic E-state index is 10.9. The van der Waals surface area contributed by atoms with Crippen molar-refractivity contribution >= 4 is 29.2 Å². The zero-order chi connectivity index (χ0) is 14.0. The summed E-state index contributed by atoms with van der Waals surface area (Å²) in [5, 5.41) is 10.2. The molecular weight excluding hydrogens is 285 g/mol. The highest BCUT2D eigenvalue weighted by Crippen LogP contribution is 2.34. The van der Waals surface area contributed by atoms with Gasteiger partial charge >= 0.3 is 5.97 Å². The third kappa shape index (κ3) is 3.41. The van der Waals surface area contributed by atoms with Crippen LogP contribution in [-0.4, -0.2) is 28.6 Å². The number of halogens is 2. The van der Waals surface area contributed by atoms with Crippen LogP contribution >= 0.6 is 23.2 Å². The van der Waals surface area contributed by atoms with Crippen LogP contribution in [-0.2, 0) is 4.79 Å². The molecule has 2 atom stereocenters. The molecule has 0 bridgehead atoms. The lowest BCUT2D eigenvalue weighted by molar-refractivity contribution is -0.138.